The first kappa shape index (κ1) is 15.8. The lowest BCUT2D eigenvalue weighted by Gasteiger charge is -2.26. The summed E-state index contributed by atoms with van der Waals surface area (Å²) < 4.78 is 5.62. The van der Waals surface area contributed by atoms with E-state index in [0.717, 1.165) is 24.2 Å². The Morgan fingerprint density at radius 2 is 2.26 bits per heavy atom. The summed E-state index contributed by atoms with van der Waals surface area (Å²) >= 11 is 0. The zero-order valence-corrected chi connectivity index (χ0v) is 11.9. The van der Waals surface area contributed by atoms with Gasteiger partial charge in [0, 0.05) is 12.5 Å². The van der Waals surface area contributed by atoms with E-state index in [0.29, 0.717) is 13.0 Å². The molecule has 1 aromatic carbocycles. The second-order valence-electron chi connectivity index (χ2n) is 4.90. The molecular weight excluding hydrogens is 264 g/mol. The molecule has 5 heteroatoms. The molecule has 0 aromatic heterocycles. The van der Waals surface area contributed by atoms with Crippen LogP contribution in [0.1, 0.15) is 25.3 Å². The Hall–Kier alpha value is -1.26. The summed E-state index contributed by atoms with van der Waals surface area (Å²) in [6, 6.07) is 8.08. The Morgan fingerprint density at radius 1 is 1.53 bits per heavy atom. The lowest BCUT2D eigenvalue weighted by Crippen LogP contribution is -2.42. The van der Waals surface area contributed by atoms with E-state index in [-0.39, 0.29) is 30.4 Å². The van der Waals surface area contributed by atoms with E-state index >= 15 is 0 Å². The van der Waals surface area contributed by atoms with Gasteiger partial charge >= 0.3 is 0 Å². The van der Waals surface area contributed by atoms with Crippen LogP contribution in [-0.2, 0) is 11.2 Å². The molecule has 0 saturated heterocycles. The molecular formula is C14H21ClN2O2. The molecule has 3 N–H and O–H groups in total. The third-order valence-electron chi connectivity index (χ3n) is 3.07. The molecule has 0 bridgehead atoms. The normalized spacial score (nSPS) is 18.5. The first-order valence-electron chi connectivity index (χ1n) is 6.41. The van der Waals surface area contributed by atoms with Crippen molar-refractivity contribution in [2.24, 2.45) is 5.73 Å². The minimum absolute atomic E-state index is 0. The molecule has 0 aliphatic carbocycles. The molecule has 1 amide bonds. The van der Waals surface area contributed by atoms with E-state index in [1.807, 2.05) is 31.2 Å². The van der Waals surface area contributed by atoms with Crippen molar-refractivity contribution in [2.45, 2.75) is 38.3 Å². The van der Waals surface area contributed by atoms with Crippen molar-refractivity contribution in [3.05, 3.63) is 29.8 Å². The number of amides is 1. The first-order valence-corrected chi connectivity index (χ1v) is 6.41. The average Bonchev–Trinajstić information content (AvgIpc) is 2.36. The average molecular weight is 285 g/mol. The molecule has 106 valence electrons. The summed E-state index contributed by atoms with van der Waals surface area (Å²) in [5.41, 5.74) is 6.79. The van der Waals surface area contributed by atoms with Gasteiger partial charge in [0.15, 0.2) is 0 Å². The quantitative estimate of drug-likeness (QED) is 0.884. The number of rotatable bonds is 4. The molecule has 2 atom stereocenters. The van der Waals surface area contributed by atoms with E-state index in [9.17, 15) is 4.79 Å². The Labute approximate surface area is 120 Å². The smallest absolute Gasteiger partial charge is 0.220 e. The van der Waals surface area contributed by atoms with Crippen LogP contribution in [-0.4, -0.2) is 24.6 Å². The Kier molecular flexibility index (Phi) is 6.12. The zero-order chi connectivity index (χ0) is 13.0. The highest BCUT2D eigenvalue weighted by atomic mass is 35.5. The Balaban J connectivity index is 0.00000180. The highest BCUT2D eigenvalue weighted by molar-refractivity contribution is 5.85. The fourth-order valence-electron chi connectivity index (χ4n) is 2.08. The SMILES string of the molecule is CC(N)CCC(=O)NC1COc2ccccc2C1.Cl. The second kappa shape index (κ2) is 7.36. The third kappa shape index (κ3) is 4.73. The minimum atomic E-state index is 0. The highest BCUT2D eigenvalue weighted by Gasteiger charge is 2.20. The van der Waals surface area contributed by atoms with Gasteiger partial charge in [0.05, 0.1) is 6.04 Å². The zero-order valence-electron chi connectivity index (χ0n) is 11.1. The number of nitrogens with one attached hydrogen (secondary N) is 1. The molecule has 2 rings (SSSR count). The number of carbonyl (C=O) groups excluding carboxylic acids is 1. The van der Waals surface area contributed by atoms with Crippen molar-refractivity contribution in [1.29, 1.82) is 0 Å². The Bertz CT molecular complexity index is 424. The van der Waals surface area contributed by atoms with E-state index in [4.69, 9.17) is 10.5 Å². The lowest BCUT2D eigenvalue weighted by atomic mass is 10.0. The van der Waals surface area contributed by atoms with Crippen LogP contribution >= 0.6 is 12.4 Å². The number of para-hydroxylation sites is 1. The summed E-state index contributed by atoms with van der Waals surface area (Å²) in [5.74, 6) is 0.985. The van der Waals surface area contributed by atoms with E-state index < -0.39 is 0 Å². The summed E-state index contributed by atoms with van der Waals surface area (Å²) in [5, 5.41) is 3.00. The fraction of sp³-hybridized carbons (Fsp3) is 0.500. The molecule has 0 saturated carbocycles. The largest absolute Gasteiger partial charge is 0.491 e. The first-order chi connectivity index (χ1) is 8.65. The standard InChI is InChI=1S/C14H20N2O2.ClH/c1-10(15)6-7-14(17)16-12-8-11-4-2-3-5-13(11)18-9-12;/h2-5,10,12H,6-9,15H2,1H3,(H,16,17);1H. The van der Waals surface area contributed by atoms with Crippen LogP contribution in [0.4, 0.5) is 0 Å². The molecule has 1 heterocycles. The van der Waals surface area contributed by atoms with E-state index in [1.54, 1.807) is 0 Å². The van der Waals surface area contributed by atoms with Gasteiger partial charge in [-0.15, -0.1) is 12.4 Å². The molecule has 1 aliphatic heterocycles. The van der Waals surface area contributed by atoms with Crippen molar-refractivity contribution >= 4 is 18.3 Å². The van der Waals surface area contributed by atoms with Gasteiger partial charge in [-0.25, -0.2) is 0 Å². The number of ether oxygens (including phenoxy) is 1. The van der Waals surface area contributed by atoms with Gasteiger partial charge in [0.25, 0.3) is 0 Å². The van der Waals surface area contributed by atoms with Crippen LogP contribution in [0.5, 0.6) is 5.75 Å². The van der Waals surface area contributed by atoms with Crippen LogP contribution in [0, 0.1) is 0 Å². The van der Waals surface area contributed by atoms with Crippen LogP contribution in [0.2, 0.25) is 0 Å². The minimum Gasteiger partial charge on any atom is -0.491 e. The number of benzene rings is 1. The number of hydrogen-bond donors (Lipinski definition) is 2. The second-order valence-corrected chi connectivity index (χ2v) is 4.90. The van der Waals surface area contributed by atoms with Gasteiger partial charge in [-0.3, -0.25) is 4.79 Å². The molecule has 1 aliphatic rings. The van der Waals surface area contributed by atoms with Crippen molar-refractivity contribution in [2.75, 3.05) is 6.61 Å². The van der Waals surface area contributed by atoms with Crippen molar-refractivity contribution in [1.82, 2.24) is 5.32 Å². The number of fused-ring (bicyclic) bond motifs is 1. The van der Waals surface area contributed by atoms with Gasteiger partial charge < -0.3 is 15.8 Å². The molecule has 4 nitrogen and oxygen atoms in total. The Morgan fingerprint density at radius 3 is 3.00 bits per heavy atom. The van der Waals surface area contributed by atoms with Crippen LogP contribution in [0.3, 0.4) is 0 Å². The van der Waals surface area contributed by atoms with Crippen LogP contribution < -0.4 is 15.8 Å². The van der Waals surface area contributed by atoms with Crippen molar-refractivity contribution in [3.8, 4) is 5.75 Å². The maximum atomic E-state index is 11.7. The molecule has 0 spiro atoms. The predicted molar refractivity (Wildman–Crippen MR) is 77.7 cm³/mol. The van der Waals surface area contributed by atoms with Gasteiger partial charge in [-0.2, -0.15) is 0 Å². The summed E-state index contributed by atoms with van der Waals surface area (Å²) in [4.78, 5) is 11.7. The lowest BCUT2D eigenvalue weighted by molar-refractivity contribution is -0.122. The molecule has 2 unspecified atom stereocenters. The number of nitrogens with two attached hydrogens (primary N) is 1. The predicted octanol–water partition coefficient (Wildman–Crippen LogP) is 1.66. The third-order valence-corrected chi connectivity index (χ3v) is 3.07. The monoisotopic (exact) mass is 284 g/mol. The van der Waals surface area contributed by atoms with Crippen molar-refractivity contribution in [3.63, 3.8) is 0 Å². The maximum absolute atomic E-state index is 11.7. The van der Waals surface area contributed by atoms with Gasteiger partial charge in [-0.05, 0) is 31.4 Å². The van der Waals surface area contributed by atoms with Crippen LogP contribution in [0.25, 0.3) is 0 Å². The summed E-state index contributed by atoms with van der Waals surface area (Å²) in [6.07, 6.45) is 2.03. The molecule has 19 heavy (non-hydrogen) atoms. The van der Waals surface area contributed by atoms with E-state index in [2.05, 4.69) is 5.32 Å². The fourth-order valence-corrected chi connectivity index (χ4v) is 2.08. The number of halogens is 1. The van der Waals surface area contributed by atoms with E-state index in [1.165, 1.54) is 0 Å². The van der Waals surface area contributed by atoms with Gasteiger partial charge in [0.1, 0.15) is 12.4 Å². The highest BCUT2D eigenvalue weighted by Crippen LogP contribution is 2.23. The summed E-state index contributed by atoms with van der Waals surface area (Å²) in [7, 11) is 0. The van der Waals surface area contributed by atoms with Gasteiger partial charge in [-0.1, -0.05) is 18.2 Å². The molecule has 0 radical (unpaired) electrons. The van der Waals surface area contributed by atoms with Crippen LogP contribution in [0.15, 0.2) is 24.3 Å². The number of carbonyl (C=O) groups is 1. The number of hydrogen-bond acceptors (Lipinski definition) is 3. The molecule has 0 fully saturated rings. The van der Waals surface area contributed by atoms with Gasteiger partial charge in [0.2, 0.25) is 5.91 Å². The summed E-state index contributed by atoms with van der Waals surface area (Å²) in [6.45, 7) is 2.45. The van der Waals surface area contributed by atoms with Crippen molar-refractivity contribution < 1.29 is 9.53 Å². The topological polar surface area (TPSA) is 64.4 Å². The molecule has 1 aromatic rings. The maximum Gasteiger partial charge on any atom is 0.220 e.